The maximum absolute atomic E-state index is 11.2. The van der Waals surface area contributed by atoms with Crippen LogP contribution in [0.3, 0.4) is 0 Å². The van der Waals surface area contributed by atoms with Crippen molar-refractivity contribution < 1.29 is 14.3 Å². The lowest BCUT2D eigenvalue weighted by molar-refractivity contribution is 0.117. The van der Waals surface area contributed by atoms with Gasteiger partial charge in [-0.15, -0.1) is 0 Å². The van der Waals surface area contributed by atoms with Crippen LogP contribution < -0.4 is 0 Å². The van der Waals surface area contributed by atoms with Crippen LogP contribution in [0, 0.1) is 0 Å². The summed E-state index contributed by atoms with van der Waals surface area (Å²) in [4.78, 5) is 12.6. The number of carboxylic acid groups (broad SMARTS) is 1. The van der Waals surface area contributed by atoms with Gasteiger partial charge in [-0.05, 0) is 25.1 Å². The zero-order valence-corrected chi connectivity index (χ0v) is 11.4. The summed E-state index contributed by atoms with van der Waals surface area (Å²) < 4.78 is 6.78. The minimum atomic E-state index is -0.875. The average Bonchev–Trinajstić information content (AvgIpc) is 2.63. The topological polar surface area (TPSA) is 53.7 Å². The van der Waals surface area contributed by atoms with Gasteiger partial charge in [0.1, 0.15) is 11.3 Å². The Morgan fingerprint density at radius 3 is 3.06 bits per heavy atom. The van der Waals surface area contributed by atoms with Gasteiger partial charge in [0.2, 0.25) is 0 Å². The molecule has 1 aliphatic rings. The van der Waals surface area contributed by atoms with Gasteiger partial charge in [0, 0.05) is 27.9 Å². The summed E-state index contributed by atoms with van der Waals surface area (Å²) in [6.45, 7) is 2.31. The fourth-order valence-corrected chi connectivity index (χ4v) is 2.81. The Bertz CT molecular complexity index is 634. The van der Waals surface area contributed by atoms with E-state index in [9.17, 15) is 9.90 Å². The molecule has 1 aliphatic heterocycles. The summed E-state index contributed by atoms with van der Waals surface area (Å²) >= 11 is 3.41. The standard InChI is InChI=1S/C13H12BrNO3/c1-7-4-11-10(6-15(7)13(16)17)9-3-2-8(14)5-12(9)18-11/h2-3,5,7H,4,6H2,1H3,(H,16,17). The highest BCUT2D eigenvalue weighted by atomic mass is 79.9. The normalized spacial score (nSPS) is 19.0. The SMILES string of the molecule is CC1Cc2oc3cc(Br)ccc3c2CN1C(=O)O. The Kier molecular flexibility index (Phi) is 2.59. The zero-order valence-electron chi connectivity index (χ0n) is 9.81. The summed E-state index contributed by atoms with van der Waals surface area (Å²) in [6.07, 6.45) is -0.242. The second-order valence-corrected chi connectivity index (χ2v) is 5.52. The number of nitrogens with zero attached hydrogens (tertiary/aromatic N) is 1. The van der Waals surface area contributed by atoms with Crippen molar-refractivity contribution in [3.63, 3.8) is 0 Å². The van der Waals surface area contributed by atoms with Gasteiger partial charge >= 0.3 is 6.09 Å². The van der Waals surface area contributed by atoms with Crippen molar-refractivity contribution in [3.8, 4) is 0 Å². The van der Waals surface area contributed by atoms with Gasteiger partial charge < -0.3 is 14.4 Å². The molecule has 1 aromatic carbocycles. The second kappa shape index (κ2) is 4.02. The maximum Gasteiger partial charge on any atom is 0.407 e. The van der Waals surface area contributed by atoms with E-state index in [2.05, 4.69) is 15.9 Å². The Labute approximate surface area is 112 Å². The molecule has 2 heterocycles. The third kappa shape index (κ3) is 1.70. The highest BCUT2D eigenvalue weighted by Gasteiger charge is 2.30. The number of hydrogen-bond donors (Lipinski definition) is 1. The third-order valence-corrected chi connectivity index (χ3v) is 3.92. The smallest absolute Gasteiger partial charge is 0.407 e. The van der Waals surface area contributed by atoms with Crippen molar-refractivity contribution >= 4 is 33.0 Å². The molecular formula is C13H12BrNO3. The lowest BCUT2D eigenvalue weighted by Crippen LogP contribution is -2.41. The van der Waals surface area contributed by atoms with Gasteiger partial charge in [-0.25, -0.2) is 4.79 Å². The predicted octanol–water partition coefficient (Wildman–Crippen LogP) is 3.62. The molecule has 1 unspecified atom stereocenters. The van der Waals surface area contributed by atoms with E-state index in [-0.39, 0.29) is 6.04 Å². The van der Waals surface area contributed by atoms with Crippen molar-refractivity contribution in [2.75, 3.05) is 0 Å². The van der Waals surface area contributed by atoms with Crippen LogP contribution in [-0.4, -0.2) is 22.1 Å². The number of fused-ring (bicyclic) bond motifs is 3. The summed E-state index contributed by atoms with van der Waals surface area (Å²) in [5, 5.41) is 10.2. The summed E-state index contributed by atoms with van der Waals surface area (Å²) in [7, 11) is 0. The van der Waals surface area contributed by atoms with E-state index in [0.717, 1.165) is 26.8 Å². The molecule has 1 atom stereocenters. The van der Waals surface area contributed by atoms with Crippen LogP contribution >= 0.6 is 15.9 Å². The van der Waals surface area contributed by atoms with Crippen LogP contribution in [0.25, 0.3) is 11.0 Å². The maximum atomic E-state index is 11.2. The Balaban J connectivity index is 2.13. The number of rotatable bonds is 0. The first-order valence-electron chi connectivity index (χ1n) is 5.75. The number of halogens is 1. The van der Waals surface area contributed by atoms with Crippen LogP contribution in [-0.2, 0) is 13.0 Å². The van der Waals surface area contributed by atoms with Gasteiger partial charge in [0.25, 0.3) is 0 Å². The van der Waals surface area contributed by atoms with E-state index >= 15 is 0 Å². The first kappa shape index (κ1) is 11.6. The lowest BCUT2D eigenvalue weighted by atomic mass is 10.0. The quantitative estimate of drug-likeness (QED) is 0.808. The van der Waals surface area contributed by atoms with Crippen LogP contribution in [0.2, 0.25) is 0 Å². The van der Waals surface area contributed by atoms with Crippen LogP contribution in [0.15, 0.2) is 27.1 Å². The van der Waals surface area contributed by atoms with E-state index in [1.807, 2.05) is 25.1 Å². The molecule has 0 bridgehead atoms. The van der Waals surface area contributed by atoms with Crippen molar-refractivity contribution in [1.29, 1.82) is 0 Å². The molecule has 1 N–H and O–H groups in total. The minimum absolute atomic E-state index is 0.0426. The fraction of sp³-hybridized carbons (Fsp3) is 0.308. The van der Waals surface area contributed by atoms with Crippen molar-refractivity contribution in [1.82, 2.24) is 4.90 Å². The van der Waals surface area contributed by atoms with Gasteiger partial charge in [-0.2, -0.15) is 0 Å². The number of hydrogen-bond acceptors (Lipinski definition) is 2. The van der Waals surface area contributed by atoms with E-state index in [1.165, 1.54) is 4.90 Å². The van der Waals surface area contributed by atoms with E-state index in [1.54, 1.807) is 0 Å². The molecule has 2 aromatic rings. The van der Waals surface area contributed by atoms with E-state index in [4.69, 9.17) is 4.42 Å². The van der Waals surface area contributed by atoms with Crippen molar-refractivity contribution in [2.24, 2.45) is 0 Å². The number of carbonyl (C=O) groups is 1. The summed E-state index contributed by atoms with van der Waals surface area (Å²) in [5.74, 6) is 0.910. The Morgan fingerprint density at radius 2 is 2.33 bits per heavy atom. The first-order chi connectivity index (χ1) is 8.56. The molecule has 4 nitrogen and oxygen atoms in total. The van der Waals surface area contributed by atoms with Crippen molar-refractivity contribution in [2.45, 2.75) is 25.9 Å². The molecule has 5 heteroatoms. The van der Waals surface area contributed by atoms with Crippen LogP contribution in [0.4, 0.5) is 4.79 Å². The molecule has 18 heavy (non-hydrogen) atoms. The molecule has 0 spiro atoms. The first-order valence-corrected chi connectivity index (χ1v) is 6.55. The fourth-order valence-electron chi connectivity index (χ4n) is 2.47. The molecular weight excluding hydrogens is 298 g/mol. The second-order valence-electron chi connectivity index (χ2n) is 4.61. The van der Waals surface area contributed by atoms with E-state index in [0.29, 0.717) is 13.0 Å². The number of furan rings is 1. The Morgan fingerprint density at radius 1 is 1.56 bits per heavy atom. The lowest BCUT2D eigenvalue weighted by Gasteiger charge is -2.30. The molecule has 0 fully saturated rings. The van der Waals surface area contributed by atoms with Crippen LogP contribution in [0.5, 0.6) is 0 Å². The molecule has 0 aliphatic carbocycles. The summed E-state index contributed by atoms with van der Waals surface area (Å²) in [6, 6.07) is 5.79. The van der Waals surface area contributed by atoms with Gasteiger partial charge in [-0.1, -0.05) is 15.9 Å². The van der Waals surface area contributed by atoms with Gasteiger partial charge in [0.05, 0.1) is 6.54 Å². The monoisotopic (exact) mass is 309 g/mol. The highest BCUT2D eigenvalue weighted by Crippen LogP contribution is 2.34. The number of benzene rings is 1. The molecule has 0 saturated carbocycles. The minimum Gasteiger partial charge on any atom is -0.465 e. The molecule has 0 radical (unpaired) electrons. The van der Waals surface area contributed by atoms with E-state index < -0.39 is 6.09 Å². The predicted molar refractivity (Wildman–Crippen MR) is 70.6 cm³/mol. The van der Waals surface area contributed by atoms with Crippen molar-refractivity contribution in [3.05, 3.63) is 34.0 Å². The molecule has 1 aromatic heterocycles. The van der Waals surface area contributed by atoms with Gasteiger partial charge in [0.15, 0.2) is 0 Å². The Hall–Kier alpha value is -1.49. The van der Waals surface area contributed by atoms with Gasteiger partial charge in [-0.3, -0.25) is 0 Å². The molecule has 94 valence electrons. The highest BCUT2D eigenvalue weighted by molar-refractivity contribution is 9.10. The summed E-state index contributed by atoms with van der Waals surface area (Å²) in [5.41, 5.74) is 1.81. The molecule has 0 saturated heterocycles. The average molecular weight is 310 g/mol. The number of amides is 1. The largest absolute Gasteiger partial charge is 0.465 e. The molecule has 3 rings (SSSR count). The third-order valence-electron chi connectivity index (χ3n) is 3.43. The molecule has 1 amide bonds. The van der Waals surface area contributed by atoms with Crippen LogP contribution in [0.1, 0.15) is 18.2 Å². The zero-order chi connectivity index (χ0) is 12.9.